The molecule has 1 N–H and O–H groups in total. The lowest BCUT2D eigenvalue weighted by Crippen LogP contribution is -2.55. The van der Waals surface area contributed by atoms with Gasteiger partial charge in [-0.1, -0.05) is 67.8 Å². The molecule has 1 atom stereocenters. The molecule has 0 aromatic heterocycles. The average Bonchev–Trinajstić information content (AvgIpc) is 3.18. The van der Waals surface area contributed by atoms with Crippen molar-refractivity contribution in [3.63, 3.8) is 0 Å². The summed E-state index contributed by atoms with van der Waals surface area (Å²) in [5, 5.41) is 3.15. The van der Waals surface area contributed by atoms with Gasteiger partial charge in [-0.2, -0.15) is 0 Å². The van der Waals surface area contributed by atoms with E-state index in [0.717, 1.165) is 42.0 Å². The van der Waals surface area contributed by atoms with Gasteiger partial charge in [-0.25, -0.2) is 12.8 Å². The van der Waals surface area contributed by atoms with E-state index in [1.54, 1.807) is 12.1 Å². The van der Waals surface area contributed by atoms with Gasteiger partial charge in [-0.3, -0.25) is 13.9 Å². The van der Waals surface area contributed by atoms with Gasteiger partial charge in [-0.05, 0) is 48.7 Å². The molecule has 0 aliphatic heterocycles. The Morgan fingerprint density at radius 2 is 1.45 bits per heavy atom. The molecule has 0 heterocycles. The smallest absolute Gasteiger partial charge is 0.265 e. The Morgan fingerprint density at radius 1 is 0.792 bits per heavy atom. The van der Waals surface area contributed by atoms with Crippen LogP contribution in [0.1, 0.15) is 43.2 Å². The third kappa shape index (κ3) is 9.39. The molecule has 4 aromatic rings. The third-order valence-electron chi connectivity index (χ3n) is 9.40. The predicted molar refractivity (Wildman–Crippen MR) is 200 cm³/mol. The van der Waals surface area contributed by atoms with E-state index in [4.69, 9.17) is 18.9 Å². The SMILES string of the molecule is COc1ccc(OC)c(N(CC(=O)N(Cc2ccccc2F)C(Cc2ccccc2)C(=O)NC2CCCCC2)S(=O)(=O)c2ccc(OC)c(OC)c2)c1. The summed E-state index contributed by atoms with van der Waals surface area (Å²) in [5.41, 5.74) is 0.941. The minimum absolute atomic E-state index is 0.00657. The first-order valence-corrected chi connectivity index (χ1v) is 18.9. The van der Waals surface area contributed by atoms with E-state index in [0.29, 0.717) is 11.5 Å². The van der Waals surface area contributed by atoms with Crippen molar-refractivity contribution >= 4 is 27.5 Å². The number of nitrogens with one attached hydrogen (secondary N) is 1. The van der Waals surface area contributed by atoms with Crippen molar-refractivity contribution in [3.05, 3.63) is 108 Å². The fourth-order valence-corrected chi connectivity index (χ4v) is 7.95. The normalized spacial score (nSPS) is 13.8. The van der Waals surface area contributed by atoms with Gasteiger partial charge in [0, 0.05) is 36.7 Å². The van der Waals surface area contributed by atoms with Crippen LogP contribution in [0.2, 0.25) is 0 Å². The number of methoxy groups -OCH3 is 4. The van der Waals surface area contributed by atoms with E-state index >= 15 is 4.39 Å². The first kappa shape index (κ1) is 38.9. The first-order chi connectivity index (χ1) is 25.6. The number of carbonyl (C=O) groups is 2. The van der Waals surface area contributed by atoms with Crippen molar-refractivity contribution in [2.75, 3.05) is 39.3 Å². The monoisotopic (exact) mass is 747 g/mol. The van der Waals surface area contributed by atoms with Crippen LogP contribution in [0, 0.1) is 5.82 Å². The average molecular weight is 748 g/mol. The second-order valence-corrected chi connectivity index (χ2v) is 14.6. The maximum absolute atomic E-state index is 15.3. The molecular formula is C40H46FN3O8S. The molecule has 0 saturated heterocycles. The molecule has 1 aliphatic carbocycles. The molecular weight excluding hydrogens is 702 g/mol. The molecule has 0 spiro atoms. The lowest BCUT2D eigenvalue weighted by Gasteiger charge is -2.35. The van der Waals surface area contributed by atoms with Gasteiger partial charge in [0.2, 0.25) is 11.8 Å². The topological polar surface area (TPSA) is 124 Å². The highest BCUT2D eigenvalue weighted by Crippen LogP contribution is 2.38. The zero-order chi connectivity index (χ0) is 38.0. The van der Waals surface area contributed by atoms with E-state index in [1.165, 1.54) is 81.9 Å². The maximum Gasteiger partial charge on any atom is 0.265 e. The quantitative estimate of drug-likeness (QED) is 0.145. The lowest BCUT2D eigenvalue weighted by atomic mass is 9.94. The van der Waals surface area contributed by atoms with Gasteiger partial charge >= 0.3 is 0 Å². The number of benzene rings is 4. The summed E-state index contributed by atoms with van der Waals surface area (Å²) in [4.78, 5) is 30.3. The number of hydrogen-bond acceptors (Lipinski definition) is 8. The molecule has 53 heavy (non-hydrogen) atoms. The maximum atomic E-state index is 15.3. The van der Waals surface area contributed by atoms with Gasteiger partial charge in [0.25, 0.3) is 10.0 Å². The minimum atomic E-state index is -4.57. The second-order valence-electron chi connectivity index (χ2n) is 12.7. The number of carbonyl (C=O) groups excluding carboxylic acids is 2. The molecule has 1 fully saturated rings. The van der Waals surface area contributed by atoms with Crippen LogP contribution in [0.3, 0.4) is 0 Å². The Morgan fingerprint density at radius 3 is 2.11 bits per heavy atom. The highest BCUT2D eigenvalue weighted by Gasteiger charge is 2.37. The van der Waals surface area contributed by atoms with Crippen LogP contribution < -0.4 is 28.6 Å². The number of hydrogen-bond donors (Lipinski definition) is 1. The third-order valence-corrected chi connectivity index (χ3v) is 11.2. The number of nitrogens with zero attached hydrogens (tertiary/aromatic N) is 2. The van der Waals surface area contributed by atoms with Crippen LogP contribution in [0.15, 0.2) is 95.9 Å². The van der Waals surface area contributed by atoms with Crippen molar-refractivity contribution < 1.29 is 41.3 Å². The van der Waals surface area contributed by atoms with Crippen LogP contribution in [-0.2, 0) is 32.6 Å². The summed E-state index contributed by atoms with van der Waals surface area (Å²) < 4.78 is 67.5. The molecule has 4 aromatic carbocycles. The Hall–Kier alpha value is -5.30. The molecule has 0 bridgehead atoms. The molecule has 13 heteroatoms. The zero-order valence-electron chi connectivity index (χ0n) is 30.4. The highest BCUT2D eigenvalue weighted by molar-refractivity contribution is 7.92. The van der Waals surface area contributed by atoms with E-state index in [-0.39, 0.29) is 46.7 Å². The number of halogens is 1. The van der Waals surface area contributed by atoms with Crippen LogP contribution in [0.4, 0.5) is 10.1 Å². The number of ether oxygens (including phenoxy) is 4. The number of rotatable bonds is 16. The Kier molecular flexibility index (Phi) is 13.2. The number of amides is 2. The van der Waals surface area contributed by atoms with E-state index in [2.05, 4.69) is 5.32 Å². The van der Waals surface area contributed by atoms with Gasteiger partial charge in [0.15, 0.2) is 11.5 Å². The summed E-state index contributed by atoms with van der Waals surface area (Å²) in [7, 11) is 1.05. The van der Waals surface area contributed by atoms with Gasteiger partial charge in [-0.15, -0.1) is 0 Å². The standard InChI is InChI=1S/C40H46FN3O8S/c1-49-31-19-21-36(50-2)34(24-31)44(53(47,48)32-20-22-37(51-3)38(25-32)52-4)27-39(45)43(26-29-15-11-12-18-33(29)41)35(23-28-13-7-5-8-14-28)40(46)42-30-16-9-6-10-17-30/h5,7-8,11-15,18-22,24-25,30,35H,6,9-10,16-17,23,26-27H2,1-4H3,(H,42,46). The highest BCUT2D eigenvalue weighted by atomic mass is 32.2. The van der Waals surface area contributed by atoms with Gasteiger partial charge in [0.1, 0.15) is 29.9 Å². The summed E-state index contributed by atoms with van der Waals surface area (Å²) in [6, 6.07) is 22.7. The van der Waals surface area contributed by atoms with Crippen molar-refractivity contribution in [1.82, 2.24) is 10.2 Å². The minimum Gasteiger partial charge on any atom is -0.497 e. The van der Waals surface area contributed by atoms with Crippen LogP contribution in [0.25, 0.3) is 0 Å². The number of anilines is 1. The molecule has 1 aliphatic rings. The van der Waals surface area contributed by atoms with Crippen molar-refractivity contribution in [3.8, 4) is 23.0 Å². The Balaban J connectivity index is 1.64. The summed E-state index contributed by atoms with van der Waals surface area (Å²) in [6.07, 6.45) is 4.73. The molecule has 282 valence electrons. The summed E-state index contributed by atoms with van der Waals surface area (Å²) in [6.45, 7) is -1.09. The van der Waals surface area contributed by atoms with Crippen molar-refractivity contribution in [1.29, 1.82) is 0 Å². The number of sulfonamides is 1. The molecule has 11 nitrogen and oxygen atoms in total. The fraction of sp³-hybridized carbons (Fsp3) is 0.350. The van der Waals surface area contributed by atoms with Crippen LogP contribution in [0.5, 0.6) is 23.0 Å². The summed E-state index contributed by atoms with van der Waals surface area (Å²) in [5.74, 6) is -0.823. The fourth-order valence-electron chi connectivity index (χ4n) is 6.52. The largest absolute Gasteiger partial charge is 0.497 e. The lowest BCUT2D eigenvalue weighted by molar-refractivity contribution is -0.140. The molecule has 5 rings (SSSR count). The summed E-state index contributed by atoms with van der Waals surface area (Å²) >= 11 is 0. The van der Waals surface area contributed by atoms with Crippen LogP contribution in [-0.4, -0.2) is 72.2 Å². The second kappa shape index (κ2) is 18.0. The van der Waals surface area contributed by atoms with E-state index in [1.807, 2.05) is 30.3 Å². The van der Waals surface area contributed by atoms with Crippen LogP contribution >= 0.6 is 0 Å². The molecule has 1 unspecified atom stereocenters. The van der Waals surface area contributed by atoms with E-state index < -0.39 is 40.2 Å². The molecule has 1 saturated carbocycles. The Labute approximate surface area is 310 Å². The molecule has 2 amide bonds. The predicted octanol–water partition coefficient (Wildman–Crippen LogP) is 6.14. The Bertz CT molecular complexity index is 1970. The first-order valence-electron chi connectivity index (χ1n) is 17.4. The van der Waals surface area contributed by atoms with Crippen molar-refractivity contribution in [2.45, 2.75) is 62.0 Å². The molecule has 0 radical (unpaired) electrons. The zero-order valence-corrected chi connectivity index (χ0v) is 31.2. The van der Waals surface area contributed by atoms with Gasteiger partial charge in [0.05, 0.1) is 39.0 Å². The van der Waals surface area contributed by atoms with E-state index in [9.17, 15) is 18.0 Å². The van der Waals surface area contributed by atoms with Gasteiger partial charge < -0.3 is 29.2 Å². The van der Waals surface area contributed by atoms with Crippen molar-refractivity contribution in [2.24, 2.45) is 0 Å².